The summed E-state index contributed by atoms with van der Waals surface area (Å²) in [5, 5.41) is 8.79. The lowest BCUT2D eigenvalue weighted by Crippen LogP contribution is -2.21. The third-order valence-electron chi connectivity index (χ3n) is 2.39. The van der Waals surface area contributed by atoms with Crippen molar-refractivity contribution in [3.8, 4) is 5.75 Å². The first-order valence-corrected chi connectivity index (χ1v) is 6.39. The van der Waals surface area contributed by atoms with Crippen LogP contribution in [-0.2, 0) is 6.54 Å². The number of methoxy groups -OCH3 is 1. The summed E-state index contributed by atoms with van der Waals surface area (Å²) in [6, 6.07) is 4.70. The first kappa shape index (κ1) is 16.1. The Morgan fingerprint density at radius 1 is 1.37 bits per heavy atom. The zero-order valence-electron chi connectivity index (χ0n) is 10.7. The maximum atomic E-state index is 12.4. The molecule has 0 aliphatic heterocycles. The molecule has 0 radical (unpaired) electrons. The number of ether oxygens (including phenoxy) is 1. The zero-order chi connectivity index (χ0) is 14.5. The van der Waals surface area contributed by atoms with Crippen molar-refractivity contribution in [2.75, 3.05) is 27.3 Å². The molecule has 0 aliphatic rings. The number of thioether (sulfide) groups is 1. The third-order valence-corrected chi connectivity index (χ3v) is 3.16. The topological polar surface area (TPSA) is 32.7 Å². The van der Waals surface area contributed by atoms with Gasteiger partial charge in [0.1, 0.15) is 5.75 Å². The number of halogens is 3. The highest BCUT2D eigenvalue weighted by atomic mass is 32.2. The van der Waals surface area contributed by atoms with E-state index < -0.39 is 5.51 Å². The summed E-state index contributed by atoms with van der Waals surface area (Å²) >= 11 is -0.186. The number of nitrogens with zero attached hydrogens (tertiary/aromatic N) is 1. The van der Waals surface area contributed by atoms with Gasteiger partial charge in [0.2, 0.25) is 0 Å². The first-order chi connectivity index (χ1) is 8.85. The van der Waals surface area contributed by atoms with E-state index in [9.17, 15) is 13.2 Å². The number of hydrogen-bond donors (Lipinski definition) is 1. The third kappa shape index (κ3) is 5.71. The quantitative estimate of drug-likeness (QED) is 0.818. The first-order valence-electron chi connectivity index (χ1n) is 5.58. The molecule has 1 N–H and O–H groups in total. The van der Waals surface area contributed by atoms with Crippen LogP contribution in [0.15, 0.2) is 23.1 Å². The average Bonchev–Trinajstić information content (AvgIpc) is 2.27. The number of aliphatic hydroxyl groups is 1. The van der Waals surface area contributed by atoms with Crippen LogP contribution in [0.3, 0.4) is 0 Å². The van der Waals surface area contributed by atoms with Gasteiger partial charge in [0, 0.05) is 13.1 Å². The molecule has 0 amide bonds. The minimum absolute atomic E-state index is 0.0107. The van der Waals surface area contributed by atoms with E-state index in [1.165, 1.54) is 19.2 Å². The van der Waals surface area contributed by atoms with Crippen LogP contribution in [0.2, 0.25) is 0 Å². The molecule has 3 nitrogen and oxygen atoms in total. The van der Waals surface area contributed by atoms with Crippen molar-refractivity contribution in [3.63, 3.8) is 0 Å². The molecule has 0 bridgehead atoms. The summed E-state index contributed by atoms with van der Waals surface area (Å²) in [6.45, 7) is 0.945. The molecule has 0 spiro atoms. The fourth-order valence-corrected chi connectivity index (χ4v) is 2.30. The molecule has 0 aliphatic carbocycles. The predicted octanol–water partition coefficient (Wildman–Crippen LogP) is 2.73. The van der Waals surface area contributed by atoms with Gasteiger partial charge in [0.05, 0.1) is 18.6 Å². The van der Waals surface area contributed by atoms with Crippen LogP contribution in [-0.4, -0.2) is 42.8 Å². The van der Waals surface area contributed by atoms with Crippen LogP contribution >= 0.6 is 11.8 Å². The van der Waals surface area contributed by atoms with Gasteiger partial charge >= 0.3 is 5.51 Å². The molecule has 19 heavy (non-hydrogen) atoms. The summed E-state index contributed by atoms with van der Waals surface area (Å²) < 4.78 is 42.2. The molecule has 0 unspecified atom stereocenters. The van der Waals surface area contributed by atoms with Crippen molar-refractivity contribution in [3.05, 3.63) is 23.8 Å². The Hall–Kier alpha value is -0.920. The SMILES string of the molecule is COc1ccc(CN(C)CCO)cc1SC(F)(F)F. The van der Waals surface area contributed by atoms with E-state index in [2.05, 4.69) is 0 Å². The van der Waals surface area contributed by atoms with Gasteiger partial charge in [-0.3, -0.25) is 4.90 Å². The summed E-state index contributed by atoms with van der Waals surface area (Å²) in [4.78, 5) is 1.87. The van der Waals surface area contributed by atoms with E-state index in [0.717, 1.165) is 5.56 Å². The highest BCUT2D eigenvalue weighted by molar-refractivity contribution is 8.00. The number of benzene rings is 1. The fraction of sp³-hybridized carbons (Fsp3) is 0.500. The normalized spacial score (nSPS) is 11.9. The van der Waals surface area contributed by atoms with E-state index >= 15 is 0 Å². The second kappa shape index (κ2) is 7.02. The Labute approximate surface area is 114 Å². The Bertz CT molecular complexity index is 412. The maximum absolute atomic E-state index is 12.4. The van der Waals surface area contributed by atoms with E-state index in [1.807, 2.05) is 4.90 Å². The van der Waals surface area contributed by atoms with Gasteiger partial charge in [-0.25, -0.2) is 0 Å². The number of rotatable bonds is 6. The summed E-state index contributed by atoms with van der Waals surface area (Å²) in [7, 11) is 3.13. The molecule has 0 aromatic heterocycles. The number of likely N-dealkylation sites (N-methyl/N-ethyl adjacent to an activating group) is 1. The van der Waals surface area contributed by atoms with Crippen LogP contribution in [0.25, 0.3) is 0 Å². The second-order valence-corrected chi connectivity index (χ2v) is 5.10. The lowest BCUT2D eigenvalue weighted by atomic mass is 10.2. The van der Waals surface area contributed by atoms with Gasteiger partial charge in [0.15, 0.2) is 0 Å². The fourth-order valence-electron chi connectivity index (χ4n) is 1.59. The van der Waals surface area contributed by atoms with Crippen molar-refractivity contribution in [2.45, 2.75) is 16.9 Å². The zero-order valence-corrected chi connectivity index (χ0v) is 11.5. The van der Waals surface area contributed by atoms with Crippen LogP contribution in [0.5, 0.6) is 5.75 Å². The summed E-state index contributed by atoms with van der Waals surface area (Å²) in [5.74, 6) is 0.205. The molecular formula is C12H16F3NO2S. The van der Waals surface area contributed by atoms with Gasteiger partial charge < -0.3 is 9.84 Å². The monoisotopic (exact) mass is 295 g/mol. The maximum Gasteiger partial charge on any atom is 0.446 e. The lowest BCUT2D eigenvalue weighted by Gasteiger charge is -2.17. The molecule has 7 heteroatoms. The number of hydrogen-bond acceptors (Lipinski definition) is 4. The molecule has 1 aromatic rings. The van der Waals surface area contributed by atoms with Gasteiger partial charge in [0.25, 0.3) is 0 Å². The Kier molecular flexibility index (Phi) is 5.96. The average molecular weight is 295 g/mol. The molecule has 1 rings (SSSR count). The van der Waals surface area contributed by atoms with Crippen molar-refractivity contribution >= 4 is 11.8 Å². The Balaban J connectivity index is 2.88. The van der Waals surface area contributed by atoms with Crippen LogP contribution in [0.1, 0.15) is 5.56 Å². The van der Waals surface area contributed by atoms with Gasteiger partial charge in [-0.05, 0) is 36.5 Å². The number of aliphatic hydroxyl groups excluding tert-OH is 1. The van der Waals surface area contributed by atoms with Gasteiger partial charge in [-0.15, -0.1) is 0 Å². The van der Waals surface area contributed by atoms with E-state index in [-0.39, 0.29) is 29.0 Å². The van der Waals surface area contributed by atoms with Crippen LogP contribution in [0, 0.1) is 0 Å². The van der Waals surface area contributed by atoms with Crippen LogP contribution < -0.4 is 4.74 Å². The molecule has 0 heterocycles. The van der Waals surface area contributed by atoms with Gasteiger partial charge in [-0.1, -0.05) is 6.07 Å². The Morgan fingerprint density at radius 2 is 2.05 bits per heavy atom. The van der Waals surface area contributed by atoms with Gasteiger partial charge in [-0.2, -0.15) is 13.2 Å². The molecule has 1 aromatic carbocycles. The minimum Gasteiger partial charge on any atom is -0.496 e. The van der Waals surface area contributed by atoms with Crippen molar-refractivity contribution in [1.29, 1.82) is 0 Å². The summed E-state index contributed by atoms with van der Waals surface area (Å²) in [6.07, 6.45) is 0. The Morgan fingerprint density at radius 3 is 2.58 bits per heavy atom. The lowest BCUT2D eigenvalue weighted by molar-refractivity contribution is -0.0328. The molecular weight excluding hydrogens is 279 g/mol. The highest BCUT2D eigenvalue weighted by Gasteiger charge is 2.30. The van der Waals surface area contributed by atoms with Crippen LogP contribution in [0.4, 0.5) is 13.2 Å². The van der Waals surface area contributed by atoms with Crippen molar-refractivity contribution in [1.82, 2.24) is 4.90 Å². The summed E-state index contributed by atoms with van der Waals surface area (Å²) in [5.41, 5.74) is -3.60. The molecule has 0 fully saturated rings. The molecule has 0 atom stereocenters. The largest absolute Gasteiger partial charge is 0.496 e. The number of alkyl halides is 3. The smallest absolute Gasteiger partial charge is 0.446 e. The van der Waals surface area contributed by atoms with E-state index in [4.69, 9.17) is 9.84 Å². The predicted molar refractivity (Wildman–Crippen MR) is 68.3 cm³/mol. The van der Waals surface area contributed by atoms with Crippen molar-refractivity contribution in [2.24, 2.45) is 0 Å². The minimum atomic E-state index is -4.34. The van der Waals surface area contributed by atoms with E-state index in [0.29, 0.717) is 13.1 Å². The van der Waals surface area contributed by atoms with Crippen molar-refractivity contribution < 1.29 is 23.0 Å². The van der Waals surface area contributed by atoms with E-state index in [1.54, 1.807) is 13.1 Å². The standard InChI is InChI=1S/C12H16F3NO2S/c1-16(5-6-17)8-9-3-4-10(18-2)11(7-9)19-12(13,14)15/h3-4,7,17H,5-6,8H2,1-2H3. The molecule has 108 valence electrons. The molecule has 0 saturated heterocycles. The second-order valence-electron chi connectivity index (χ2n) is 3.99. The highest BCUT2D eigenvalue weighted by Crippen LogP contribution is 2.41. The molecule has 0 saturated carbocycles.